The summed E-state index contributed by atoms with van der Waals surface area (Å²) in [6.45, 7) is 6.03. The zero-order valence-electron chi connectivity index (χ0n) is 19.1. The molecule has 1 aromatic carbocycles. The van der Waals surface area contributed by atoms with Gasteiger partial charge in [-0.3, -0.25) is 4.79 Å². The molecule has 0 atom stereocenters. The van der Waals surface area contributed by atoms with E-state index < -0.39 is 16.0 Å². The molecule has 2 heterocycles. The lowest BCUT2D eigenvalue weighted by atomic mass is 9.97. The van der Waals surface area contributed by atoms with Crippen LogP contribution in [0.2, 0.25) is 5.02 Å². The van der Waals surface area contributed by atoms with Crippen molar-refractivity contribution in [1.29, 1.82) is 0 Å². The first kappa shape index (κ1) is 25.3. The average molecular weight is 496 g/mol. The van der Waals surface area contributed by atoms with E-state index in [0.29, 0.717) is 42.2 Å². The molecular weight excluding hydrogens is 466 g/mol. The van der Waals surface area contributed by atoms with Crippen LogP contribution in [0.1, 0.15) is 47.1 Å². The summed E-state index contributed by atoms with van der Waals surface area (Å²) in [4.78, 5) is 27.9. The summed E-state index contributed by atoms with van der Waals surface area (Å²) < 4.78 is 33.2. The predicted octanol–water partition coefficient (Wildman–Crippen LogP) is 3.22. The molecule has 0 spiro atoms. The SMILES string of the molecule is CCOC(=O)c1c(C)[nH]c(C)c1S(=O)(=O)N1CCC(C(=O)NCCc2ccc(Cl)cc2)CC1. The Hall–Kier alpha value is -2.36. The number of amides is 1. The number of aromatic amines is 1. The Kier molecular flexibility index (Phi) is 8.20. The molecule has 2 N–H and O–H groups in total. The molecule has 3 rings (SSSR count). The molecule has 0 aliphatic carbocycles. The second-order valence-electron chi connectivity index (χ2n) is 8.15. The number of piperidine rings is 1. The van der Waals surface area contributed by atoms with E-state index in [0.717, 1.165) is 5.56 Å². The van der Waals surface area contributed by atoms with Gasteiger partial charge in [0, 0.05) is 42.0 Å². The number of benzene rings is 1. The number of aryl methyl sites for hydroxylation is 2. The summed E-state index contributed by atoms with van der Waals surface area (Å²) in [6.07, 6.45) is 1.53. The lowest BCUT2D eigenvalue weighted by Crippen LogP contribution is -2.43. The molecule has 1 aliphatic rings. The Morgan fingerprint density at radius 1 is 1.15 bits per heavy atom. The molecular formula is C23H30ClN3O5S. The number of ether oxygens (including phenoxy) is 1. The van der Waals surface area contributed by atoms with E-state index in [1.807, 2.05) is 24.3 Å². The zero-order chi connectivity index (χ0) is 24.2. The smallest absolute Gasteiger partial charge is 0.341 e. The highest BCUT2D eigenvalue weighted by Gasteiger charge is 2.37. The lowest BCUT2D eigenvalue weighted by Gasteiger charge is -2.30. The van der Waals surface area contributed by atoms with Crippen molar-refractivity contribution < 1.29 is 22.7 Å². The molecule has 1 aliphatic heterocycles. The third-order valence-electron chi connectivity index (χ3n) is 5.85. The van der Waals surface area contributed by atoms with Crippen molar-refractivity contribution in [3.8, 4) is 0 Å². The second-order valence-corrected chi connectivity index (χ2v) is 10.5. The van der Waals surface area contributed by atoms with Crippen LogP contribution in [0.25, 0.3) is 0 Å². The second kappa shape index (κ2) is 10.7. The first-order valence-electron chi connectivity index (χ1n) is 11.0. The van der Waals surface area contributed by atoms with Gasteiger partial charge in [-0.15, -0.1) is 0 Å². The number of esters is 1. The summed E-state index contributed by atoms with van der Waals surface area (Å²) in [6, 6.07) is 7.48. The van der Waals surface area contributed by atoms with E-state index in [-0.39, 0.29) is 42.0 Å². The third-order valence-corrected chi connectivity index (χ3v) is 8.17. The number of H-pyrrole nitrogens is 1. The van der Waals surface area contributed by atoms with Crippen LogP contribution in [0.5, 0.6) is 0 Å². The van der Waals surface area contributed by atoms with Gasteiger partial charge in [-0.2, -0.15) is 4.31 Å². The van der Waals surface area contributed by atoms with Crippen molar-refractivity contribution in [2.45, 2.75) is 44.9 Å². The molecule has 0 unspecified atom stereocenters. The highest BCUT2D eigenvalue weighted by molar-refractivity contribution is 7.89. The lowest BCUT2D eigenvalue weighted by molar-refractivity contribution is -0.126. The summed E-state index contributed by atoms with van der Waals surface area (Å²) in [5, 5.41) is 3.62. The molecule has 33 heavy (non-hydrogen) atoms. The van der Waals surface area contributed by atoms with Gasteiger partial charge in [0.15, 0.2) is 0 Å². The van der Waals surface area contributed by atoms with Crippen LogP contribution >= 0.6 is 11.6 Å². The molecule has 1 aromatic heterocycles. The van der Waals surface area contributed by atoms with Crippen LogP contribution in [0.4, 0.5) is 0 Å². The Labute approximate surface area is 199 Å². The minimum absolute atomic E-state index is 0.0377. The van der Waals surface area contributed by atoms with Crippen molar-refractivity contribution in [2.24, 2.45) is 5.92 Å². The highest BCUT2D eigenvalue weighted by Crippen LogP contribution is 2.30. The molecule has 2 aromatic rings. The number of hydrogen-bond donors (Lipinski definition) is 2. The van der Waals surface area contributed by atoms with E-state index in [9.17, 15) is 18.0 Å². The minimum Gasteiger partial charge on any atom is -0.462 e. The topological polar surface area (TPSA) is 109 Å². The summed E-state index contributed by atoms with van der Waals surface area (Å²) >= 11 is 5.89. The average Bonchev–Trinajstić information content (AvgIpc) is 3.09. The van der Waals surface area contributed by atoms with E-state index in [1.54, 1.807) is 20.8 Å². The largest absolute Gasteiger partial charge is 0.462 e. The quantitative estimate of drug-likeness (QED) is 0.546. The predicted molar refractivity (Wildman–Crippen MR) is 126 cm³/mol. The van der Waals surface area contributed by atoms with Crippen molar-refractivity contribution >= 4 is 33.5 Å². The van der Waals surface area contributed by atoms with Gasteiger partial charge < -0.3 is 15.0 Å². The standard InChI is InChI=1S/C23H30ClN3O5S/c1-4-32-23(29)20-15(2)26-16(3)21(20)33(30,31)27-13-10-18(11-14-27)22(28)25-12-9-17-5-7-19(24)8-6-17/h5-8,18,26H,4,9-14H2,1-3H3,(H,25,28). The van der Waals surface area contributed by atoms with E-state index in [4.69, 9.17) is 16.3 Å². The van der Waals surface area contributed by atoms with Gasteiger partial charge in [0.1, 0.15) is 10.5 Å². The van der Waals surface area contributed by atoms with Gasteiger partial charge in [0.2, 0.25) is 15.9 Å². The molecule has 0 radical (unpaired) electrons. The minimum atomic E-state index is -3.91. The number of carbonyl (C=O) groups excluding carboxylic acids is 2. The number of nitrogens with one attached hydrogen (secondary N) is 2. The van der Waals surface area contributed by atoms with Crippen LogP contribution < -0.4 is 5.32 Å². The number of rotatable bonds is 8. The zero-order valence-corrected chi connectivity index (χ0v) is 20.7. The number of hydrogen-bond acceptors (Lipinski definition) is 5. The Morgan fingerprint density at radius 3 is 2.39 bits per heavy atom. The van der Waals surface area contributed by atoms with Gasteiger partial charge >= 0.3 is 5.97 Å². The van der Waals surface area contributed by atoms with Crippen LogP contribution in [0.15, 0.2) is 29.2 Å². The van der Waals surface area contributed by atoms with Crippen LogP contribution in [-0.4, -0.2) is 55.8 Å². The summed E-state index contributed by atoms with van der Waals surface area (Å²) in [7, 11) is -3.91. The number of nitrogens with zero attached hydrogens (tertiary/aromatic N) is 1. The first-order valence-corrected chi connectivity index (χ1v) is 12.9. The molecule has 1 fully saturated rings. The monoisotopic (exact) mass is 495 g/mol. The normalized spacial score (nSPS) is 15.4. The number of halogens is 1. The fourth-order valence-corrected chi connectivity index (χ4v) is 6.15. The molecule has 1 amide bonds. The first-order chi connectivity index (χ1) is 15.6. The van der Waals surface area contributed by atoms with Crippen molar-refractivity contribution in [2.75, 3.05) is 26.2 Å². The van der Waals surface area contributed by atoms with Gasteiger partial charge in [-0.05, 0) is 57.7 Å². The highest BCUT2D eigenvalue weighted by atomic mass is 35.5. The maximum Gasteiger partial charge on any atom is 0.341 e. The van der Waals surface area contributed by atoms with Gasteiger partial charge in [0.05, 0.1) is 6.61 Å². The van der Waals surface area contributed by atoms with Crippen LogP contribution in [-0.2, 0) is 26.0 Å². The Bertz CT molecular complexity index is 1100. The molecule has 180 valence electrons. The van der Waals surface area contributed by atoms with Crippen molar-refractivity contribution in [3.63, 3.8) is 0 Å². The maximum absolute atomic E-state index is 13.4. The van der Waals surface area contributed by atoms with E-state index in [1.165, 1.54) is 4.31 Å². The number of carbonyl (C=O) groups is 2. The van der Waals surface area contributed by atoms with Crippen molar-refractivity contribution in [1.82, 2.24) is 14.6 Å². The van der Waals surface area contributed by atoms with E-state index >= 15 is 0 Å². The van der Waals surface area contributed by atoms with Crippen molar-refractivity contribution in [3.05, 3.63) is 51.8 Å². The van der Waals surface area contributed by atoms with Gasteiger partial charge in [0.25, 0.3) is 0 Å². The number of aromatic nitrogens is 1. The van der Waals surface area contributed by atoms with Crippen LogP contribution in [0.3, 0.4) is 0 Å². The molecule has 0 saturated carbocycles. The van der Waals surface area contributed by atoms with E-state index in [2.05, 4.69) is 10.3 Å². The fraction of sp³-hybridized carbons (Fsp3) is 0.478. The maximum atomic E-state index is 13.4. The molecule has 1 saturated heterocycles. The Morgan fingerprint density at radius 2 is 1.79 bits per heavy atom. The summed E-state index contributed by atoms with van der Waals surface area (Å²) in [5.74, 6) is -0.977. The molecule has 10 heteroatoms. The fourth-order valence-electron chi connectivity index (χ4n) is 4.14. The Balaban J connectivity index is 1.60. The summed E-state index contributed by atoms with van der Waals surface area (Å²) in [5.41, 5.74) is 1.99. The van der Waals surface area contributed by atoms with Gasteiger partial charge in [-0.25, -0.2) is 13.2 Å². The third kappa shape index (κ3) is 5.77. The number of sulfonamides is 1. The van der Waals surface area contributed by atoms with Crippen LogP contribution in [0, 0.1) is 19.8 Å². The molecule has 8 nitrogen and oxygen atoms in total. The van der Waals surface area contributed by atoms with Gasteiger partial charge in [-0.1, -0.05) is 23.7 Å². The molecule has 0 bridgehead atoms.